The van der Waals surface area contributed by atoms with Crippen molar-refractivity contribution in [2.24, 2.45) is 0 Å². The fraction of sp³-hybridized carbons (Fsp3) is 0.500. The second-order valence-corrected chi connectivity index (χ2v) is 14.8. The lowest BCUT2D eigenvalue weighted by atomic mass is 10.1. The minimum atomic E-state index is -1.18. The topological polar surface area (TPSA) is 66.5 Å². The number of rotatable bonds is 7. The molecule has 0 radical (unpaired) electrons. The number of ether oxygens (including phenoxy) is 1. The molecule has 1 aliphatic heterocycles. The monoisotopic (exact) mass is 418 g/mol. The van der Waals surface area contributed by atoms with Crippen molar-refractivity contribution in [3.05, 3.63) is 34.7 Å². The van der Waals surface area contributed by atoms with Crippen molar-refractivity contribution < 1.29 is 9.53 Å². The van der Waals surface area contributed by atoms with Crippen LogP contribution in [0.3, 0.4) is 0 Å². The third-order valence-corrected chi connectivity index (χ3v) is 7.22. The summed E-state index contributed by atoms with van der Waals surface area (Å²) in [5.74, 6) is 0. The largest absolute Gasteiger partial charge is 0.450 e. The molecule has 3 rings (SSSR count). The van der Waals surface area contributed by atoms with Crippen LogP contribution < -0.4 is 15.5 Å². The highest BCUT2D eigenvalue weighted by molar-refractivity contribution is 7.09. The van der Waals surface area contributed by atoms with E-state index in [1.807, 2.05) is 5.38 Å². The van der Waals surface area contributed by atoms with Gasteiger partial charge in [0.2, 0.25) is 0 Å². The van der Waals surface area contributed by atoms with Crippen LogP contribution in [0.25, 0.3) is 11.3 Å². The molecule has 2 heterocycles. The first kappa shape index (κ1) is 20.8. The number of aromatic nitrogens is 1. The molecular weight excluding hydrogens is 388 g/mol. The number of thiazole rings is 1. The lowest BCUT2D eigenvalue weighted by Gasteiger charge is -2.29. The van der Waals surface area contributed by atoms with Crippen molar-refractivity contribution in [2.75, 3.05) is 37.7 Å². The molecule has 1 fully saturated rings. The molecule has 0 saturated carbocycles. The maximum absolute atomic E-state index is 11.8. The molecule has 0 bridgehead atoms. The van der Waals surface area contributed by atoms with Gasteiger partial charge in [-0.25, -0.2) is 9.78 Å². The molecule has 1 amide bonds. The molecule has 0 atom stereocenters. The molecule has 1 aromatic carbocycles. The molecular formula is C20H30N4O2SSi. The number of carbonyl (C=O) groups excluding carboxylic acids is 1. The number of piperazine rings is 1. The lowest BCUT2D eigenvalue weighted by Crippen LogP contribution is -2.43. The first-order valence-electron chi connectivity index (χ1n) is 9.82. The summed E-state index contributed by atoms with van der Waals surface area (Å²) in [5, 5.41) is 9.08. The maximum atomic E-state index is 11.8. The molecule has 1 saturated heterocycles. The number of carbonyl (C=O) groups is 1. The molecule has 8 heteroatoms. The molecule has 1 aromatic heterocycles. The van der Waals surface area contributed by atoms with E-state index < -0.39 is 8.07 Å². The zero-order chi connectivity index (χ0) is 20.0. The first-order valence-corrected chi connectivity index (χ1v) is 14.4. The van der Waals surface area contributed by atoms with Gasteiger partial charge in [-0.3, -0.25) is 0 Å². The van der Waals surface area contributed by atoms with Crippen LogP contribution in [0, 0.1) is 0 Å². The van der Waals surface area contributed by atoms with Crippen LogP contribution in [0.4, 0.5) is 10.5 Å². The van der Waals surface area contributed by atoms with Crippen molar-refractivity contribution in [2.45, 2.75) is 32.2 Å². The predicted molar refractivity (Wildman–Crippen MR) is 119 cm³/mol. The fourth-order valence-corrected chi connectivity index (χ4v) is 4.40. The molecule has 6 nitrogen and oxygen atoms in total. The minimum absolute atomic E-state index is 0.365. The Balaban J connectivity index is 1.49. The highest BCUT2D eigenvalue weighted by atomic mass is 32.1. The van der Waals surface area contributed by atoms with E-state index in [-0.39, 0.29) is 6.09 Å². The molecule has 152 valence electrons. The SMILES string of the molecule is C[Si](C)(C)CCOC(=O)NCc1nc(-c2ccc(N3CCNCC3)cc2)cs1. The number of hydrogen-bond donors (Lipinski definition) is 2. The third-order valence-electron chi connectivity index (χ3n) is 4.67. The van der Waals surface area contributed by atoms with Gasteiger partial charge < -0.3 is 20.3 Å². The molecule has 2 aromatic rings. The molecule has 28 heavy (non-hydrogen) atoms. The Bertz CT molecular complexity index is 767. The van der Waals surface area contributed by atoms with Gasteiger partial charge in [-0.15, -0.1) is 11.3 Å². The molecule has 0 aliphatic carbocycles. The van der Waals surface area contributed by atoms with Crippen LogP contribution in [0.15, 0.2) is 29.6 Å². The molecule has 0 unspecified atom stereocenters. The number of nitrogens with one attached hydrogen (secondary N) is 2. The van der Waals surface area contributed by atoms with Crippen molar-refractivity contribution in [3.8, 4) is 11.3 Å². The van der Waals surface area contributed by atoms with Gasteiger partial charge in [0.25, 0.3) is 0 Å². The Morgan fingerprint density at radius 1 is 1.25 bits per heavy atom. The van der Waals surface area contributed by atoms with E-state index in [2.05, 4.69) is 64.4 Å². The van der Waals surface area contributed by atoms with Crippen LogP contribution in [0.1, 0.15) is 5.01 Å². The standard InChI is InChI=1S/C20H30N4O2SSi/c1-28(2,3)13-12-26-20(25)22-14-19-23-18(15-27-19)16-4-6-17(7-5-16)24-10-8-21-9-11-24/h4-7,15,21H,8-14H2,1-3H3,(H,22,25). The summed E-state index contributed by atoms with van der Waals surface area (Å²) in [6.45, 7) is 11.8. The highest BCUT2D eigenvalue weighted by Gasteiger charge is 2.14. The number of nitrogens with zero attached hydrogens (tertiary/aromatic N) is 2. The summed E-state index contributed by atoms with van der Waals surface area (Å²) in [6, 6.07) is 9.54. The molecule has 0 spiro atoms. The van der Waals surface area contributed by atoms with Crippen LogP contribution >= 0.6 is 11.3 Å². The number of anilines is 1. The third kappa shape index (κ3) is 6.32. The summed E-state index contributed by atoms with van der Waals surface area (Å²) < 4.78 is 5.25. The van der Waals surface area contributed by atoms with Gasteiger partial charge in [0, 0.05) is 50.9 Å². The second-order valence-electron chi connectivity index (χ2n) is 8.21. The average molecular weight is 419 g/mol. The summed E-state index contributed by atoms with van der Waals surface area (Å²) in [6.07, 6.45) is -0.365. The van der Waals surface area contributed by atoms with Crippen molar-refractivity contribution in [3.63, 3.8) is 0 Å². The molecule has 2 N–H and O–H groups in total. The summed E-state index contributed by atoms with van der Waals surface area (Å²) >= 11 is 1.55. The second kappa shape index (κ2) is 9.53. The Hall–Kier alpha value is -1.90. The van der Waals surface area contributed by atoms with Crippen molar-refractivity contribution in [1.29, 1.82) is 0 Å². The average Bonchev–Trinajstić information content (AvgIpc) is 3.15. The van der Waals surface area contributed by atoms with Gasteiger partial charge in [0.05, 0.1) is 18.8 Å². The Morgan fingerprint density at radius 2 is 1.96 bits per heavy atom. The van der Waals surface area contributed by atoms with Gasteiger partial charge in [-0.05, 0) is 18.2 Å². The van der Waals surface area contributed by atoms with Gasteiger partial charge in [-0.2, -0.15) is 0 Å². The first-order chi connectivity index (χ1) is 13.4. The normalized spacial score (nSPS) is 14.8. The van der Waals surface area contributed by atoms with Gasteiger partial charge >= 0.3 is 6.09 Å². The summed E-state index contributed by atoms with van der Waals surface area (Å²) in [7, 11) is -1.18. The number of benzene rings is 1. The number of alkyl carbamates (subject to hydrolysis) is 1. The fourth-order valence-electron chi connectivity index (χ4n) is 2.94. The number of amides is 1. The predicted octanol–water partition coefficient (Wildman–Crippen LogP) is 3.78. The smallest absolute Gasteiger partial charge is 0.407 e. The van der Waals surface area contributed by atoms with Gasteiger partial charge in [0.15, 0.2) is 0 Å². The maximum Gasteiger partial charge on any atom is 0.407 e. The van der Waals surface area contributed by atoms with Crippen LogP contribution in [-0.4, -0.2) is 51.9 Å². The Kier molecular flexibility index (Phi) is 7.09. The van der Waals surface area contributed by atoms with Crippen molar-refractivity contribution >= 4 is 31.2 Å². The highest BCUT2D eigenvalue weighted by Crippen LogP contribution is 2.25. The van der Waals surface area contributed by atoms with E-state index in [0.717, 1.165) is 48.5 Å². The Morgan fingerprint density at radius 3 is 2.64 bits per heavy atom. The van der Waals surface area contributed by atoms with E-state index in [1.165, 1.54) is 5.69 Å². The van der Waals surface area contributed by atoms with Gasteiger partial charge in [-0.1, -0.05) is 31.8 Å². The van der Waals surface area contributed by atoms with Crippen LogP contribution in [-0.2, 0) is 11.3 Å². The quantitative estimate of drug-likeness (QED) is 0.670. The van der Waals surface area contributed by atoms with E-state index in [9.17, 15) is 4.79 Å². The summed E-state index contributed by atoms with van der Waals surface area (Å²) in [5.41, 5.74) is 3.29. The number of hydrogen-bond acceptors (Lipinski definition) is 6. The van der Waals surface area contributed by atoms with E-state index in [0.29, 0.717) is 13.2 Å². The summed E-state index contributed by atoms with van der Waals surface area (Å²) in [4.78, 5) is 18.9. The Labute approximate surface area is 172 Å². The zero-order valence-corrected chi connectivity index (χ0v) is 18.8. The van der Waals surface area contributed by atoms with Gasteiger partial charge in [0.1, 0.15) is 5.01 Å². The van der Waals surface area contributed by atoms with E-state index in [4.69, 9.17) is 4.74 Å². The molecule has 1 aliphatic rings. The van der Waals surface area contributed by atoms with E-state index in [1.54, 1.807) is 11.3 Å². The minimum Gasteiger partial charge on any atom is -0.450 e. The zero-order valence-electron chi connectivity index (χ0n) is 17.0. The van der Waals surface area contributed by atoms with Crippen molar-refractivity contribution in [1.82, 2.24) is 15.6 Å². The van der Waals surface area contributed by atoms with Crippen LogP contribution in [0.5, 0.6) is 0 Å². The lowest BCUT2D eigenvalue weighted by molar-refractivity contribution is 0.151. The van der Waals surface area contributed by atoms with Crippen LogP contribution in [0.2, 0.25) is 25.7 Å². The van der Waals surface area contributed by atoms with E-state index >= 15 is 0 Å².